The van der Waals surface area contributed by atoms with E-state index in [0.717, 1.165) is 4.90 Å². The molecule has 0 saturated carbocycles. The Morgan fingerprint density at radius 1 is 0.897 bits per heavy atom. The third kappa shape index (κ3) is 16.3. The average molecular weight is 847 g/mol. The van der Waals surface area contributed by atoms with E-state index < -0.39 is 163 Å². The Hall–Kier alpha value is -5.20. The van der Waals surface area contributed by atoms with Gasteiger partial charge in [-0.3, -0.25) is 47.4 Å². The molecule has 10 atom stereocenters. The second-order valence-electron chi connectivity index (χ2n) is 13.8. The number of nitrogens with two attached hydrogens (primary N) is 2. The third-order valence-corrected chi connectivity index (χ3v) is 10.7. The Morgan fingerprint density at radius 2 is 1.50 bits per heavy atom. The lowest BCUT2D eigenvalue weighted by molar-refractivity contribution is -0.143. The highest BCUT2D eigenvalue weighted by Gasteiger charge is 2.43. The first-order valence-corrected chi connectivity index (χ1v) is 19.7. The van der Waals surface area contributed by atoms with Crippen molar-refractivity contribution in [3.8, 4) is 0 Å². The lowest BCUT2D eigenvalue weighted by atomic mass is 9.95. The summed E-state index contributed by atoms with van der Waals surface area (Å²) in [4.78, 5) is 116. The van der Waals surface area contributed by atoms with Crippen molar-refractivity contribution >= 4 is 64.0 Å². The lowest BCUT2D eigenvalue weighted by Gasteiger charge is -2.31. The number of aliphatic hydroxyl groups is 3. The van der Waals surface area contributed by atoms with Crippen LogP contribution in [0.3, 0.4) is 0 Å². The Labute approximate surface area is 338 Å². The van der Waals surface area contributed by atoms with Crippen LogP contribution in [-0.2, 0) is 54.0 Å². The van der Waals surface area contributed by atoms with Crippen LogP contribution in [0.15, 0.2) is 11.6 Å². The number of likely N-dealkylation sites (tertiary alicyclic amines) is 1. The summed E-state index contributed by atoms with van der Waals surface area (Å²) in [5.74, 6) is -9.94. The number of primary amides is 2. The Morgan fingerprint density at radius 3 is 2.03 bits per heavy atom. The van der Waals surface area contributed by atoms with Crippen molar-refractivity contribution in [2.45, 2.75) is 95.8 Å². The zero-order valence-corrected chi connectivity index (χ0v) is 34.0. The van der Waals surface area contributed by atoms with Gasteiger partial charge >= 0.3 is 0 Å². The van der Waals surface area contributed by atoms with E-state index in [9.17, 15) is 62.7 Å². The molecule has 0 radical (unpaired) electrons. The number of hydrogen-bond donors (Lipinski definition) is 12. The van der Waals surface area contributed by atoms with Gasteiger partial charge in [0, 0.05) is 39.3 Å². The molecule has 1 heterocycles. The maximum Gasteiger partial charge on any atom is 0.245 e. The van der Waals surface area contributed by atoms with Gasteiger partial charge in [0.1, 0.15) is 30.2 Å². The molecule has 1 saturated heterocycles. The topological polar surface area (TPSA) is 371 Å². The van der Waals surface area contributed by atoms with Crippen LogP contribution in [0, 0.1) is 11.8 Å². The van der Waals surface area contributed by atoms with Crippen molar-refractivity contribution in [1.29, 1.82) is 0 Å². The fourth-order valence-corrected chi connectivity index (χ4v) is 6.59. The van der Waals surface area contributed by atoms with Crippen molar-refractivity contribution in [3.63, 3.8) is 0 Å². The summed E-state index contributed by atoms with van der Waals surface area (Å²) in [6.45, 7) is 7.23. The van der Waals surface area contributed by atoms with E-state index in [2.05, 4.69) is 43.8 Å². The number of carbonyl (C=O) groups excluding carboxylic acids is 9. The third-order valence-electron chi connectivity index (χ3n) is 9.34. The van der Waals surface area contributed by atoms with Crippen molar-refractivity contribution in [2.24, 2.45) is 23.3 Å². The van der Waals surface area contributed by atoms with Crippen molar-refractivity contribution in [2.75, 3.05) is 39.0 Å². The number of amides is 9. The molecule has 0 aliphatic carbocycles. The highest BCUT2D eigenvalue weighted by molar-refractivity contribution is 7.88. The van der Waals surface area contributed by atoms with Gasteiger partial charge < -0.3 is 68.9 Å². The second kappa shape index (κ2) is 24.5. The van der Waals surface area contributed by atoms with Crippen molar-refractivity contribution in [3.05, 3.63) is 11.6 Å². The minimum absolute atomic E-state index is 0.0388. The summed E-state index contributed by atoms with van der Waals surface area (Å²) >= 11 is 0. The van der Waals surface area contributed by atoms with Crippen LogP contribution in [0.1, 0.15) is 53.4 Å². The van der Waals surface area contributed by atoms with Gasteiger partial charge in [-0.05, 0) is 12.3 Å². The number of β-amino-alcohol motifs (C(OH)–C–C–N with tert-alkyl or cyclic N) is 1. The first-order chi connectivity index (χ1) is 27.1. The predicted octanol–water partition coefficient (Wildman–Crippen LogP) is -6.63. The first kappa shape index (κ1) is 50.8. The Balaban J connectivity index is 3.33. The predicted molar refractivity (Wildman–Crippen MR) is 206 cm³/mol. The fraction of sp³-hybridized carbons (Fsp3) is 0.676. The van der Waals surface area contributed by atoms with E-state index >= 15 is 0 Å². The van der Waals surface area contributed by atoms with Gasteiger partial charge in [0.2, 0.25) is 53.2 Å². The molecule has 9 amide bonds. The number of nitrogens with zero attached hydrogens (tertiary/aromatic N) is 1. The highest BCUT2D eigenvalue weighted by Crippen LogP contribution is 2.22. The number of hydrogen-bond acceptors (Lipinski definition) is 14. The summed E-state index contributed by atoms with van der Waals surface area (Å²) in [7, 11) is -0.612. The number of rotatable bonds is 25. The summed E-state index contributed by atoms with van der Waals surface area (Å²) in [5, 5.41) is 46.6. The maximum atomic E-state index is 14.0. The summed E-state index contributed by atoms with van der Waals surface area (Å²) in [5.41, 5.74) is 10.7. The van der Waals surface area contributed by atoms with E-state index in [1.165, 1.54) is 20.9 Å². The molecule has 0 aromatic heterocycles. The van der Waals surface area contributed by atoms with E-state index in [4.69, 9.17) is 11.5 Å². The molecule has 0 bridgehead atoms. The van der Waals surface area contributed by atoms with Crippen LogP contribution in [0.5, 0.6) is 0 Å². The van der Waals surface area contributed by atoms with Gasteiger partial charge in [0.25, 0.3) is 0 Å². The zero-order chi connectivity index (χ0) is 44.4. The summed E-state index contributed by atoms with van der Waals surface area (Å²) in [6.07, 6.45) is -3.51. The van der Waals surface area contributed by atoms with Crippen LogP contribution >= 0.6 is 0 Å². The zero-order valence-electron chi connectivity index (χ0n) is 33.2. The van der Waals surface area contributed by atoms with Crippen LogP contribution in [0.4, 0.5) is 0 Å². The molecule has 14 N–H and O–H groups in total. The molecule has 1 fully saturated rings. The van der Waals surface area contributed by atoms with Crippen LogP contribution in [0.25, 0.3) is 0 Å². The lowest BCUT2D eigenvalue weighted by Crippen LogP contribution is -2.60. The van der Waals surface area contributed by atoms with E-state index in [1.54, 1.807) is 13.8 Å². The summed E-state index contributed by atoms with van der Waals surface area (Å²) in [6, 6.07) is -7.36. The van der Waals surface area contributed by atoms with Crippen molar-refractivity contribution in [1.82, 2.24) is 42.1 Å². The molecule has 1 unspecified atom stereocenters. The smallest absolute Gasteiger partial charge is 0.245 e. The average Bonchev–Trinajstić information content (AvgIpc) is 3.57. The van der Waals surface area contributed by atoms with E-state index in [1.807, 2.05) is 0 Å². The molecular weight excluding hydrogens is 788 g/mol. The van der Waals surface area contributed by atoms with Crippen LogP contribution in [0.2, 0.25) is 0 Å². The highest BCUT2D eigenvalue weighted by atomic mass is 32.2. The monoisotopic (exact) mass is 846 g/mol. The standard InChI is InChI=1S/C34H58N10O13S/c1-7-16(2)28(42-27(51)11-38-18(4)46)33(55)39-12-26(50)40-22(15-58(57)19(5)37-6)31(53)41-21(8-9-25(35)49)34(56)44-13-20(47)10-23(44)32(54)43-29(30(36)52)17(3)24(48)14-45/h16-17,20-24,28-29,37,45,47-48H,5,7-15H2,1-4,6H3,(H2,35,49)(H2,36,52)(H,38,46)(H,39,55)(H,40,50)(H,41,53)(H,42,51)(H,43,54)/t16-,17-,20+,21-,22-,23-,24-,28-,29-,58?/m0/s1. The minimum Gasteiger partial charge on any atom is -0.394 e. The van der Waals surface area contributed by atoms with Crippen LogP contribution in [-0.4, -0.2) is 159 Å². The molecule has 23 nitrogen and oxygen atoms in total. The van der Waals surface area contributed by atoms with Gasteiger partial charge in [-0.15, -0.1) is 0 Å². The molecule has 58 heavy (non-hydrogen) atoms. The quantitative estimate of drug-likeness (QED) is 0.0407. The molecular formula is C34H58N10O13S. The van der Waals surface area contributed by atoms with Gasteiger partial charge in [0.05, 0.1) is 53.5 Å². The van der Waals surface area contributed by atoms with Gasteiger partial charge in [-0.2, -0.15) is 0 Å². The van der Waals surface area contributed by atoms with Crippen LogP contribution < -0.4 is 48.7 Å². The Bertz CT molecular complexity index is 1570. The molecule has 1 aliphatic rings. The fourth-order valence-electron chi connectivity index (χ4n) is 5.62. The second-order valence-corrected chi connectivity index (χ2v) is 15.3. The van der Waals surface area contributed by atoms with Gasteiger partial charge in [0.15, 0.2) is 0 Å². The number of aliphatic hydroxyl groups excluding tert-OH is 3. The van der Waals surface area contributed by atoms with Gasteiger partial charge in [-0.25, -0.2) is 0 Å². The number of carbonyl (C=O) groups is 9. The first-order valence-electron chi connectivity index (χ1n) is 18.4. The molecule has 0 aromatic rings. The molecule has 328 valence electrons. The number of nitrogens with one attached hydrogen (secondary N) is 7. The normalized spacial score (nSPS) is 19.0. The molecule has 1 aliphatic heterocycles. The van der Waals surface area contributed by atoms with E-state index in [-0.39, 0.29) is 11.4 Å². The summed E-state index contributed by atoms with van der Waals surface area (Å²) < 4.78 is 13.0. The van der Waals surface area contributed by atoms with Gasteiger partial charge in [-0.1, -0.05) is 33.8 Å². The largest absolute Gasteiger partial charge is 0.394 e. The molecule has 0 spiro atoms. The molecule has 24 heteroatoms. The maximum absolute atomic E-state index is 14.0. The van der Waals surface area contributed by atoms with E-state index in [0.29, 0.717) is 6.42 Å². The SMILES string of the molecule is C=C(NC)S(=O)C[C@H](NC(=O)CNC(=O)[C@@H](NC(=O)CNC(C)=O)[C@@H](C)CC)C(=O)N[C@@H](CCC(N)=O)C(=O)N1C[C@H](O)C[C@H]1C(=O)N[C@H](C(N)=O)[C@@H](C)[C@@H](O)CO. The molecule has 0 aromatic carbocycles. The van der Waals surface area contributed by atoms with Crippen molar-refractivity contribution < 1.29 is 62.7 Å². The Kier molecular flexibility index (Phi) is 21.5. The minimum atomic E-state index is -2.02. The molecule has 1 rings (SSSR count).